The second kappa shape index (κ2) is 9.84. The second-order valence-electron chi connectivity index (χ2n) is 11.1. The molecule has 3 heterocycles. The first kappa shape index (κ1) is 25.8. The van der Waals surface area contributed by atoms with Crippen molar-refractivity contribution in [1.29, 1.82) is 0 Å². The molecule has 0 aromatic carbocycles. The number of H-pyrrole nitrogens is 1. The number of carbonyl (C=O) groups excluding carboxylic acids is 2. The third-order valence-corrected chi connectivity index (χ3v) is 6.13. The molecular weight excluding hydrogens is 432 g/mol. The number of amides is 2. The molecule has 1 aliphatic heterocycles. The van der Waals surface area contributed by atoms with Gasteiger partial charge in [-0.1, -0.05) is 41.5 Å². The Kier molecular flexibility index (Phi) is 7.48. The fraction of sp³-hybridized carbons (Fsp3) is 0.654. The zero-order valence-electron chi connectivity index (χ0n) is 22.1. The molecule has 0 aliphatic carbocycles. The van der Waals surface area contributed by atoms with Crippen LogP contribution in [-0.2, 0) is 4.74 Å². The van der Waals surface area contributed by atoms with Crippen molar-refractivity contribution in [2.45, 2.75) is 85.8 Å². The van der Waals surface area contributed by atoms with Crippen LogP contribution in [0, 0.1) is 5.92 Å². The molecule has 0 radical (unpaired) electrons. The molecule has 8 heteroatoms. The number of oxazole rings is 1. The van der Waals surface area contributed by atoms with Gasteiger partial charge >= 0.3 is 6.09 Å². The van der Waals surface area contributed by atoms with E-state index in [0.717, 1.165) is 17.0 Å². The Bertz CT molecular complexity index is 1010. The number of nitrogens with one attached hydrogen (secondary N) is 1. The SMILES string of the molecule is CC(C)c1coc(-c2[nH]c(C(=O)N3CCN(C(=O)OC(C)(C)C)[C@@H](C(C)C)C3)cc2C(C)C)n1. The first-order chi connectivity index (χ1) is 15.8. The molecule has 3 rings (SSSR count). The van der Waals surface area contributed by atoms with Crippen LogP contribution in [0.2, 0.25) is 0 Å². The Hall–Kier alpha value is -2.77. The predicted octanol–water partition coefficient (Wildman–Crippen LogP) is 5.63. The van der Waals surface area contributed by atoms with Crippen LogP contribution in [0.15, 0.2) is 16.7 Å². The summed E-state index contributed by atoms with van der Waals surface area (Å²) in [7, 11) is 0. The van der Waals surface area contributed by atoms with Gasteiger partial charge in [0.15, 0.2) is 0 Å². The minimum absolute atomic E-state index is 0.0849. The van der Waals surface area contributed by atoms with Gasteiger partial charge in [0, 0.05) is 19.6 Å². The molecule has 1 N–H and O–H groups in total. The first-order valence-corrected chi connectivity index (χ1v) is 12.3. The summed E-state index contributed by atoms with van der Waals surface area (Å²) >= 11 is 0. The van der Waals surface area contributed by atoms with Gasteiger partial charge in [0.2, 0.25) is 5.89 Å². The number of carbonyl (C=O) groups is 2. The quantitative estimate of drug-likeness (QED) is 0.608. The third-order valence-electron chi connectivity index (χ3n) is 6.13. The lowest BCUT2D eigenvalue weighted by molar-refractivity contribution is -0.00800. The van der Waals surface area contributed by atoms with Gasteiger partial charge in [-0.3, -0.25) is 4.79 Å². The van der Waals surface area contributed by atoms with E-state index >= 15 is 0 Å². The zero-order chi connectivity index (χ0) is 25.4. The Morgan fingerprint density at radius 3 is 2.32 bits per heavy atom. The van der Waals surface area contributed by atoms with E-state index in [-0.39, 0.29) is 35.8 Å². The van der Waals surface area contributed by atoms with Crippen molar-refractivity contribution < 1.29 is 18.7 Å². The molecule has 2 aromatic heterocycles. The Morgan fingerprint density at radius 2 is 1.79 bits per heavy atom. The van der Waals surface area contributed by atoms with E-state index in [1.165, 1.54) is 0 Å². The molecule has 0 unspecified atom stereocenters. The van der Waals surface area contributed by atoms with Gasteiger partial charge < -0.3 is 23.9 Å². The largest absolute Gasteiger partial charge is 0.444 e. The average Bonchev–Trinajstić information content (AvgIpc) is 3.39. The van der Waals surface area contributed by atoms with Crippen LogP contribution in [0.4, 0.5) is 4.79 Å². The van der Waals surface area contributed by atoms with Gasteiger partial charge in [0.1, 0.15) is 23.3 Å². The maximum atomic E-state index is 13.5. The molecular formula is C26H40N4O4. The van der Waals surface area contributed by atoms with Crippen molar-refractivity contribution in [1.82, 2.24) is 19.8 Å². The molecule has 188 valence electrons. The third kappa shape index (κ3) is 5.65. The number of hydrogen-bond acceptors (Lipinski definition) is 5. The zero-order valence-corrected chi connectivity index (χ0v) is 22.1. The maximum Gasteiger partial charge on any atom is 0.410 e. The van der Waals surface area contributed by atoms with Crippen LogP contribution in [-0.4, -0.2) is 63.0 Å². The standard InChI is InChI=1S/C26H40N4O4/c1-15(2)18-12-19(27-22(18)23-28-20(14-33-23)16(3)4)24(31)29-10-11-30(21(13-29)17(5)6)25(32)34-26(7,8)9/h12,14-17,21,27H,10-11,13H2,1-9H3/t21-/m1/s1. The monoisotopic (exact) mass is 472 g/mol. The topological polar surface area (TPSA) is 91.7 Å². The van der Waals surface area contributed by atoms with E-state index < -0.39 is 5.60 Å². The van der Waals surface area contributed by atoms with Gasteiger partial charge in [-0.15, -0.1) is 0 Å². The van der Waals surface area contributed by atoms with Gasteiger partial charge in [-0.25, -0.2) is 9.78 Å². The first-order valence-electron chi connectivity index (χ1n) is 12.3. The smallest absolute Gasteiger partial charge is 0.410 e. The van der Waals surface area contributed by atoms with E-state index in [1.54, 1.807) is 11.2 Å². The highest BCUT2D eigenvalue weighted by Gasteiger charge is 2.37. The van der Waals surface area contributed by atoms with Gasteiger partial charge in [-0.05, 0) is 50.2 Å². The minimum Gasteiger partial charge on any atom is -0.444 e. The molecule has 8 nitrogen and oxygen atoms in total. The molecule has 1 fully saturated rings. The van der Waals surface area contributed by atoms with E-state index in [1.807, 2.05) is 31.7 Å². The van der Waals surface area contributed by atoms with E-state index in [9.17, 15) is 9.59 Å². The highest BCUT2D eigenvalue weighted by Crippen LogP contribution is 2.31. The Morgan fingerprint density at radius 1 is 1.12 bits per heavy atom. The highest BCUT2D eigenvalue weighted by molar-refractivity contribution is 5.94. The molecule has 0 bridgehead atoms. The summed E-state index contributed by atoms with van der Waals surface area (Å²) in [5.74, 6) is 1.04. The molecule has 1 saturated heterocycles. The fourth-order valence-electron chi connectivity index (χ4n) is 4.17. The van der Waals surface area contributed by atoms with Gasteiger partial charge in [0.25, 0.3) is 5.91 Å². The van der Waals surface area contributed by atoms with E-state index in [4.69, 9.17) is 9.15 Å². The normalized spacial score (nSPS) is 17.2. The van der Waals surface area contributed by atoms with E-state index in [2.05, 4.69) is 51.5 Å². The molecule has 2 aromatic rings. The number of aromatic nitrogens is 2. The van der Waals surface area contributed by atoms with Gasteiger partial charge in [-0.2, -0.15) is 0 Å². The van der Waals surface area contributed by atoms with E-state index in [0.29, 0.717) is 31.2 Å². The number of nitrogens with zero attached hydrogens (tertiary/aromatic N) is 3. The van der Waals surface area contributed by atoms with Crippen molar-refractivity contribution >= 4 is 12.0 Å². The number of piperazine rings is 1. The van der Waals surface area contributed by atoms with Crippen LogP contribution in [0.1, 0.15) is 95.9 Å². The predicted molar refractivity (Wildman–Crippen MR) is 132 cm³/mol. The molecule has 0 spiro atoms. The number of hydrogen-bond donors (Lipinski definition) is 1. The van der Waals surface area contributed by atoms with Crippen LogP contribution in [0.25, 0.3) is 11.6 Å². The number of aromatic amines is 1. The Labute approximate surface area is 203 Å². The summed E-state index contributed by atoms with van der Waals surface area (Å²) in [6.45, 7) is 19.4. The summed E-state index contributed by atoms with van der Waals surface area (Å²) in [4.78, 5) is 37.8. The molecule has 0 saturated carbocycles. The minimum atomic E-state index is -0.561. The van der Waals surface area contributed by atoms with Crippen LogP contribution >= 0.6 is 0 Å². The van der Waals surface area contributed by atoms with Crippen molar-refractivity contribution in [3.63, 3.8) is 0 Å². The lowest BCUT2D eigenvalue weighted by Crippen LogP contribution is -2.59. The summed E-state index contributed by atoms with van der Waals surface area (Å²) in [6, 6.07) is 1.79. The Balaban J connectivity index is 1.83. The maximum absolute atomic E-state index is 13.5. The summed E-state index contributed by atoms with van der Waals surface area (Å²) in [5.41, 5.74) is 2.57. The average molecular weight is 473 g/mol. The summed E-state index contributed by atoms with van der Waals surface area (Å²) in [5, 5.41) is 0. The van der Waals surface area contributed by atoms with Crippen molar-refractivity contribution in [3.05, 3.63) is 29.3 Å². The second-order valence-corrected chi connectivity index (χ2v) is 11.1. The van der Waals surface area contributed by atoms with Crippen molar-refractivity contribution in [2.75, 3.05) is 19.6 Å². The van der Waals surface area contributed by atoms with Crippen molar-refractivity contribution in [3.8, 4) is 11.6 Å². The summed E-state index contributed by atoms with van der Waals surface area (Å²) < 4.78 is 11.4. The highest BCUT2D eigenvalue weighted by atomic mass is 16.6. The number of rotatable bonds is 5. The fourth-order valence-corrected chi connectivity index (χ4v) is 4.17. The van der Waals surface area contributed by atoms with Crippen LogP contribution < -0.4 is 0 Å². The molecule has 1 aliphatic rings. The molecule has 34 heavy (non-hydrogen) atoms. The van der Waals surface area contributed by atoms with Crippen molar-refractivity contribution in [2.24, 2.45) is 5.92 Å². The molecule has 2 amide bonds. The number of ether oxygens (including phenoxy) is 1. The lowest BCUT2D eigenvalue weighted by atomic mass is 9.99. The van der Waals surface area contributed by atoms with Crippen LogP contribution in [0.5, 0.6) is 0 Å². The van der Waals surface area contributed by atoms with Crippen LogP contribution in [0.3, 0.4) is 0 Å². The molecule has 1 atom stereocenters. The van der Waals surface area contributed by atoms with Gasteiger partial charge in [0.05, 0.1) is 11.7 Å². The summed E-state index contributed by atoms with van der Waals surface area (Å²) in [6.07, 6.45) is 1.35. The lowest BCUT2D eigenvalue weighted by Gasteiger charge is -2.43.